The molecular formula is C32H38N2O9. The molecule has 3 rings (SSSR count). The van der Waals surface area contributed by atoms with Gasteiger partial charge in [0.2, 0.25) is 11.9 Å². The van der Waals surface area contributed by atoms with E-state index in [1.165, 1.54) is 6.20 Å². The van der Waals surface area contributed by atoms with Gasteiger partial charge in [0.1, 0.15) is 18.2 Å². The van der Waals surface area contributed by atoms with Gasteiger partial charge in [-0.05, 0) is 57.9 Å². The van der Waals surface area contributed by atoms with Crippen LogP contribution in [0.15, 0.2) is 72.4 Å². The molecule has 2 aromatic rings. The Morgan fingerprint density at radius 2 is 1.42 bits per heavy atom. The quantitative estimate of drug-likeness (QED) is 0.213. The van der Waals surface area contributed by atoms with Crippen LogP contribution in [0.25, 0.3) is 0 Å². The molecule has 43 heavy (non-hydrogen) atoms. The lowest BCUT2D eigenvalue weighted by Crippen LogP contribution is -2.56. The molecule has 0 saturated heterocycles. The standard InChI is InChI=1S/C32H38N2O9/c1-6-40-29(37)26(30(38)41-7-2)34(19-22-14-10-8-11-15-22)27(35)25-18-23(20-33(25)31(39)43-32(3,4)5)21-42-28(36)24-16-12-9-13-17-24/h8-17,20,25-26H,6-7,18-19,21H2,1-5H3. The lowest BCUT2D eigenvalue weighted by molar-refractivity contribution is -0.169. The maximum atomic E-state index is 14.3. The Bertz CT molecular complexity index is 1300. The Hall–Kier alpha value is -4.67. The summed E-state index contributed by atoms with van der Waals surface area (Å²) in [4.78, 5) is 68.5. The molecular weight excluding hydrogens is 556 g/mol. The highest BCUT2D eigenvalue weighted by atomic mass is 16.6. The maximum Gasteiger partial charge on any atom is 0.415 e. The Morgan fingerprint density at radius 1 is 0.860 bits per heavy atom. The largest absolute Gasteiger partial charge is 0.464 e. The minimum Gasteiger partial charge on any atom is -0.464 e. The number of hydrogen-bond donors (Lipinski definition) is 0. The second-order valence-corrected chi connectivity index (χ2v) is 10.7. The molecule has 230 valence electrons. The van der Waals surface area contributed by atoms with Crippen molar-refractivity contribution in [1.29, 1.82) is 0 Å². The van der Waals surface area contributed by atoms with Crippen molar-refractivity contribution in [3.8, 4) is 0 Å². The number of esters is 3. The molecule has 11 heteroatoms. The molecule has 1 aliphatic rings. The van der Waals surface area contributed by atoms with Crippen LogP contribution in [0.5, 0.6) is 0 Å². The van der Waals surface area contributed by atoms with Crippen molar-refractivity contribution in [2.45, 2.75) is 65.3 Å². The second kappa shape index (κ2) is 15.0. The van der Waals surface area contributed by atoms with Crippen LogP contribution in [0.2, 0.25) is 0 Å². The van der Waals surface area contributed by atoms with E-state index in [0.717, 1.165) is 9.80 Å². The molecule has 1 atom stereocenters. The van der Waals surface area contributed by atoms with Gasteiger partial charge in [0, 0.05) is 19.2 Å². The van der Waals surface area contributed by atoms with E-state index < -0.39 is 47.6 Å². The van der Waals surface area contributed by atoms with Gasteiger partial charge < -0.3 is 23.8 Å². The first-order chi connectivity index (χ1) is 20.4. The highest BCUT2D eigenvalue weighted by Gasteiger charge is 2.45. The highest BCUT2D eigenvalue weighted by molar-refractivity contribution is 6.03. The zero-order valence-electron chi connectivity index (χ0n) is 25.1. The van der Waals surface area contributed by atoms with Gasteiger partial charge in [-0.25, -0.2) is 19.2 Å². The van der Waals surface area contributed by atoms with Crippen LogP contribution < -0.4 is 0 Å². The molecule has 0 radical (unpaired) electrons. The van der Waals surface area contributed by atoms with Gasteiger partial charge in [0.25, 0.3) is 0 Å². The number of ether oxygens (including phenoxy) is 4. The average Bonchev–Trinajstić information content (AvgIpc) is 3.40. The number of carbonyl (C=O) groups is 5. The van der Waals surface area contributed by atoms with Crippen molar-refractivity contribution < 1.29 is 42.9 Å². The number of nitrogens with zero attached hydrogens (tertiary/aromatic N) is 2. The number of hydrogen-bond acceptors (Lipinski definition) is 9. The normalized spacial score (nSPS) is 14.5. The fourth-order valence-corrected chi connectivity index (χ4v) is 4.36. The lowest BCUT2D eigenvalue weighted by atomic mass is 10.1. The summed E-state index contributed by atoms with van der Waals surface area (Å²) < 4.78 is 21.3. The van der Waals surface area contributed by atoms with Crippen LogP contribution in [0.1, 0.15) is 57.0 Å². The molecule has 1 heterocycles. The Balaban J connectivity index is 1.97. The average molecular weight is 595 g/mol. The van der Waals surface area contributed by atoms with Gasteiger partial charge in [0.15, 0.2) is 0 Å². The number of carbonyl (C=O) groups excluding carboxylic acids is 5. The summed E-state index contributed by atoms with van der Waals surface area (Å²) >= 11 is 0. The molecule has 1 aliphatic heterocycles. The topological polar surface area (TPSA) is 129 Å². The molecule has 0 fully saturated rings. The van der Waals surface area contributed by atoms with E-state index in [2.05, 4.69) is 0 Å². The Labute approximate surface area is 251 Å². The van der Waals surface area contributed by atoms with Crippen molar-refractivity contribution in [3.05, 3.63) is 83.6 Å². The van der Waals surface area contributed by atoms with Crippen LogP contribution in [-0.2, 0) is 39.9 Å². The molecule has 0 spiro atoms. The third kappa shape index (κ3) is 9.16. The van der Waals surface area contributed by atoms with Crippen LogP contribution in [0.3, 0.4) is 0 Å². The number of rotatable bonds is 11. The molecule has 1 unspecified atom stereocenters. The third-order valence-corrected chi connectivity index (χ3v) is 6.21. The van der Waals surface area contributed by atoms with Gasteiger partial charge in [-0.15, -0.1) is 0 Å². The molecule has 0 saturated carbocycles. The van der Waals surface area contributed by atoms with Gasteiger partial charge >= 0.3 is 24.0 Å². The molecule has 0 aliphatic carbocycles. The van der Waals surface area contributed by atoms with E-state index in [-0.39, 0.29) is 32.8 Å². The summed E-state index contributed by atoms with van der Waals surface area (Å²) in [6.45, 7) is 7.79. The van der Waals surface area contributed by atoms with E-state index >= 15 is 0 Å². The second-order valence-electron chi connectivity index (χ2n) is 10.7. The summed E-state index contributed by atoms with van der Waals surface area (Å²) in [5.74, 6) is -3.22. The first-order valence-electron chi connectivity index (χ1n) is 14.1. The van der Waals surface area contributed by atoms with Crippen LogP contribution in [-0.4, -0.2) is 77.2 Å². The third-order valence-electron chi connectivity index (χ3n) is 6.21. The first kappa shape index (κ1) is 32.8. The molecule has 2 amide bonds. The fraction of sp³-hybridized carbons (Fsp3) is 0.406. The minimum absolute atomic E-state index is 0.0337. The summed E-state index contributed by atoms with van der Waals surface area (Å²) in [7, 11) is 0. The SMILES string of the molecule is CCOC(=O)C(C(=O)OCC)N(Cc1ccccc1)C(=O)C1CC(COC(=O)c2ccccc2)=CN1C(=O)OC(C)(C)C. The molecule has 11 nitrogen and oxygen atoms in total. The fourth-order valence-electron chi connectivity index (χ4n) is 4.36. The Kier molecular flexibility index (Phi) is 11.4. The zero-order chi connectivity index (χ0) is 31.6. The summed E-state index contributed by atoms with van der Waals surface area (Å²) in [5, 5.41) is 0. The molecule has 0 aromatic heterocycles. The van der Waals surface area contributed by atoms with Crippen molar-refractivity contribution in [2.75, 3.05) is 19.8 Å². The van der Waals surface area contributed by atoms with Crippen LogP contribution >= 0.6 is 0 Å². The van der Waals surface area contributed by atoms with Gasteiger partial charge in [-0.1, -0.05) is 48.5 Å². The van der Waals surface area contributed by atoms with Crippen molar-refractivity contribution in [1.82, 2.24) is 9.80 Å². The van der Waals surface area contributed by atoms with E-state index in [4.69, 9.17) is 18.9 Å². The molecule has 0 bridgehead atoms. The Morgan fingerprint density at radius 3 is 1.95 bits per heavy atom. The first-order valence-corrected chi connectivity index (χ1v) is 14.1. The summed E-state index contributed by atoms with van der Waals surface area (Å²) in [5.41, 5.74) is 0.542. The summed E-state index contributed by atoms with van der Waals surface area (Å²) in [6, 6.07) is 14.2. The van der Waals surface area contributed by atoms with Crippen molar-refractivity contribution in [2.24, 2.45) is 0 Å². The predicted molar refractivity (Wildman–Crippen MR) is 155 cm³/mol. The van der Waals surface area contributed by atoms with E-state index in [1.807, 2.05) is 0 Å². The van der Waals surface area contributed by atoms with Crippen LogP contribution in [0, 0.1) is 0 Å². The number of amides is 2. The zero-order valence-corrected chi connectivity index (χ0v) is 25.1. The van der Waals surface area contributed by atoms with Crippen molar-refractivity contribution >= 4 is 29.9 Å². The van der Waals surface area contributed by atoms with Gasteiger partial charge in [0.05, 0.1) is 18.8 Å². The maximum absolute atomic E-state index is 14.3. The van der Waals surface area contributed by atoms with Crippen molar-refractivity contribution in [3.63, 3.8) is 0 Å². The summed E-state index contributed by atoms with van der Waals surface area (Å²) in [6.07, 6.45) is 0.544. The van der Waals surface area contributed by atoms with Gasteiger partial charge in [-0.3, -0.25) is 9.69 Å². The number of benzene rings is 2. The van der Waals surface area contributed by atoms with E-state index in [9.17, 15) is 24.0 Å². The lowest BCUT2D eigenvalue weighted by Gasteiger charge is -2.34. The monoisotopic (exact) mass is 594 g/mol. The van der Waals surface area contributed by atoms with E-state index in [1.54, 1.807) is 95.3 Å². The minimum atomic E-state index is -1.73. The highest BCUT2D eigenvalue weighted by Crippen LogP contribution is 2.28. The smallest absolute Gasteiger partial charge is 0.415 e. The predicted octanol–water partition coefficient (Wildman–Crippen LogP) is 4.26. The van der Waals surface area contributed by atoms with Crippen LogP contribution in [0.4, 0.5) is 4.79 Å². The molecule has 2 aromatic carbocycles. The van der Waals surface area contributed by atoms with Gasteiger partial charge in [-0.2, -0.15) is 0 Å². The van der Waals surface area contributed by atoms with E-state index in [0.29, 0.717) is 16.7 Å². The molecule has 0 N–H and O–H groups in total.